The van der Waals surface area contributed by atoms with E-state index in [9.17, 15) is 19.5 Å². The van der Waals surface area contributed by atoms with E-state index in [0.29, 0.717) is 18.2 Å². The van der Waals surface area contributed by atoms with Crippen LogP contribution in [0.1, 0.15) is 93.6 Å². The number of aromatic carboxylic acids is 2. The average Bonchev–Trinajstić information content (AvgIpc) is 2.75. The molecule has 126 valence electrons. The standard InChI is InChI=1S/C17H22O6/c1-3-5-6-11(4-2)10-23-17(22)14-9-12(15(18)19)7-8-13(14)16(20)21/h7-9,11H,3-6,10H2,1-2H3,(H,18,19)(H,20,21)/i1D3,2D3,3D2,4D2,5D2,6D2,10D2,11D. The van der Waals surface area contributed by atoms with E-state index in [2.05, 4.69) is 4.74 Å². The third-order valence-corrected chi connectivity index (χ3v) is 2.34. The largest absolute Gasteiger partial charge is 0.478 e. The van der Waals surface area contributed by atoms with Crippen molar-refractivity contribution in [3.05, 3.63) is 34.9 Å². The highest BCUT2D eigenvalue weighted by molar-refractivity contribution is 6.04. The molecule has 0 aliphatic rings. The van der Waals surface area contributed by atoms with E-state index in [4.69, 9.17) is 28.4 Å². The van der Waals surface area contributed by atoms with Crippen molar-refractivity contribution >= 4 is 17.9 Å². The monoisotopic (exact) mass is 339 g/mol. The highest BCUT2D eigenvalue weighted by Crippen LogP contribution is 2.17. The molecule has 1 aromatic carbocycles. The lowest BCUT2D eigenvalue weighted by atomic mass is 10.0. The van der Waals surface area contributed by atoms with Gasteiger partial charge in [0.2, 0.25) is 0 Å². The highest BCUT2D eigenvalue weighted by Gasteiger charge is 2.21. The van der Waals surface area contributed by atoms with E-state index in [0.717, 1.165) is 0 Å². The lowest BCUT2D eigenvalue weighted by Crippen LogP contribution is -2.17. The summed E-state index contributed by atoms with van der Waals surface area (Å²) in [6.45, 7) is -12.9. The van der Waals surface area contributed by atoms with Crippen LogP contribution in [0.2, 0.25) is 0 Å². The summed E-state index contributed by atoms with van der Waals surface area (Å²) in [7, 11) is 0. The van der Waals surface area contributed by atoms with Gasteiger partial charge in [0.1, 0.15) is 0 Å². The Labute approximate surface area is 159 Å². The maximum atomic E-state index is 12.9. The van der Waals surface area contributed by atoms with Crippen LogP contribution in [0.4, 0.5) is 0 Å². The number of carboxylic acids is 2. The molecule has 0 heterocycles. The van der Waals surface area contributed by atoms with Gasteiger partial charge in [-0.3, -0.25) is 0 Å². The Kier molecular flexibility index (Phi) is 2.18. The summed E-state index contributed by atoms with van der Waals surface area (Å²) < 4.78 is 137. The minimum absolute atomic E-state index is 0.357. The first-order valence-corrected chi connectivity index (χ1v) is 5.71. The zero-order chi connectivity index (χ0) is 32.3. The van der Waals surface area contributed by atoms with Gasteiger partial charge in [0, 0.05) is 20.6 Å². The third-order valence-electron chi connectivity index (χ3n) is 2.34. The summed E-state index contributed by atoms with van der Waals surface area (Å²) >= 11 is 0. The molecule has 0 aromatic heterocycles. The molecule has 2 N–H and O–H groups in total. The van der Waals surface area contributed by atoms with E-state index in [1.165, 1.54) is 0 Å². The minimum Gasteiger partial charge on any atom is -0.478 e. The fourth-order valence-electron chi connectivity index (χ4n) is 1.36. The van der Waals surface area contributed by atoms with Crippen molar-refractivity contribution in [1.29, 1.82) is 0 Å². The molecule has 23 heavy (non-hydrogen) atoms. The molecule has 0 aliphatic heterocycles. The van der Waals surface area contributed by atoms with Crippen LogP contribution >= 0.6 is 0 Å². The topological polar surface area (TPSA) is 101 Å². The molecule has 0 amide bonds. The maximum Gasteiger partial charge on any atom is 0.339 e. The fraction of sp³-hybridized carbons (Fsp3) is 0.471. The van der Waals surface area contributed by atoms with Crippen LogP contribution in [0.3, 0.4) is 0 Å². The van der Waals surface area contributed by atoms with Crippen molar-refractivity contribution in [3.8, 4) is 0 Å². The van der Waals surface area contributed by atoms with Crippen LogP contribution in [-0.2, 0) is 4.74 Å². The van der Waals surface area contributed by atoms with Gasteiger partial charge in [-0.1, -0.05) is 32.8 Å². The molecule has 1 unspecified atom stereocenters. The average molecular weight is 339 g/mol. The first-order valence-electron chi connectivity index (χ1n) is 14.2. The molecule has 1 atom stereocenters. The minimum atomic E-state index is -4.87. The molecule has 6 nitrogen and oxygen atoms in total. The number of rotatable bonds is 9. The molecule has 0 spiro atoms. The molecule has 1 rings (SSSR count). The first-order chi connectivity index (χ1) is 17.4. The van der Waals surface area contributed by atoms with Crippen LogP contribution in [0.15, 0.2) is 18.2 Å². The van der Waals surface area contributed by atoms with Crippen molar-refractivity contribution in [2.45, 2.75) is 39.2 Å². The molecule has 0 saturated carbocycles. The Balaban J connectivity index is 4.07. The van der Waals surface area contributed by atoms with Crippen molar-refractivity contribution < 1.29 is 52.6 Å². The van der Waals surface area contributed by atoms with Crippen LogP contribution in [0, 0.1) is 5.89 Å². The Bertz CT molecular complexity index is 1190. The van der Waals surface area contributed by atoms with E-state index >= 15 is 0 Å². The zero-order valence-corrected chi connectivity index (χ0v) is 11.3. The summed E-state index contributed by atoms with van der Waals surface area (Å²) in [4.78, 5) is 35.7. The van der Waals surface area contributed by atoms with Gasteiger partial charge in [0.15, 0.2) is 0 Å². The second kappa shape index (κ2) is 8.92. The SMILES string of the molecule is [2H]C([2H])([2H])C([2H])([2H])C([2H])([2H])C([2H])([2H])C([2H])(C([2H])([2H])OC(=O)c1cc(C(=O)O)ccc1C(=O)O)C([2H])([2H])C([2H])([2H])[2H]. The van der Waals surface area contributed by atoms with Crippen molar-refractivity contribution in [2.24, 2.45) is 5.89 Å². The van der Waals surface area contributed by atoms with Crippen LogP contribution < -0.4 is 0 Å². The number of hydrogen-bond donors (Lipinski definition) is 2. The lowest BCUT2D eigenvalue weighted by Gasteiger charge is -2.15. The van der Waals surface area contributed by atoms with E-state index in [1.54, 1.807) is 0 Å². The van der Waals surface area contributed by atoms with Gasteiger partial charge in [-0.05, 0) is 30.5 Å². The van der Waals surface area contributed by atoms with E-state index in [1.807, 2.05) is 0 Å². The van der Waals surface area contributed by atoms with Gasteiger partial charge in [-0.25, -0.2) is 14.4 Å². The fourth-order valence-corrected chi connectivity index (χ4v) is 1.36. The third kappa shape index (κ3) is 5.39. The summed E-state index contributed by atoms with van der Waals surface area (Å²) in [5, 5.41) is 18.4. The first kappa shape index (κ1) is 5.61. The molecule has 1 aromatic rings. The highest BCUT2D eigenvalue weighted by atomic mass is 16.5. The normalized spacial score (nSPS) is 28.3. The summed E-state index contributed by atoms with van der Waals surface area (Å²) in [5.41, 5.74) is -3.03. The quantitative estimate of drug-likeness (QED) is 0.668. The maximum absolute atomic E-state index is 12.9. The molecule has 0 bridgehead atoms. The Morgan fingerprint density at radius 2 is 2.04 bits per heavy atom. The lowest BCUT2D eigenvalue weighted by molar-refractivity contribution is 0.0420. The van der Waals surface area contributed by atoms with Gasteiger partial charge in [0.05, 0.1) is 26.0 Å². The number of esters is 1. The van der Waals surface area contributed by atoms with E-state index < -0.39 is 86.2 Å². The number of carbonyl (C=O) groups excluding carboxylic acids is 1. The summed E-state index contributed by atoms with van der Waals surface area (Å²) in [6.07, 6.45) is -18.4. The van der Waals surface area contributed by atoms with Crippen LogP contribution in [0.5, 0.6) is 0 Å². The number of hydrogen-bond acceptors (Lipinski definition) is 4. The van der Waals surface area contributed by atoms with Gasteiger partial charge in [-0.15, -0.1) is 0 Å². The molecular weight excluding hydrogens is 300 g/mol. The molecule has 0 fully saturated rings. The predicted molar refractivity (Wildman–Crippen MR) is 83.9 cm³/mol. The smallest absolute Gasteiger partial charge is 0.339 e. The van der Waals surface area contributed by atoms with Gasteiger partial charge in [-0.2, -0.15) is 0 Å². The van der Waals surface area contributed by atoms with Crippen molar-refractivity contribution in [1.82, 2.24) is 0 Å². The second-order valence-electron chi connectivity index (χ2n) is 3.74. The molecule has 0 aliphatic carbocycles. The van der Waals surface area contributed by atoms with Gasteiger partial charge in [0.25, 0.3) is 0 Å². The number of carboxylic acid groups (broad SMARTS) is 2. The van der Waals surface area contributed by atoms with Gasteiger partial charge >= 0.3 is 17.9 Å². The molecule has 0 saturated heterocycles. The number of carbonyl (C=O) groups is 3. The second-order valence-corrected chi connectivity index (χ2v) is 3.74. The Morgan fingerprint density at radius 1 is 1.26 bits per heavy atom. The summed E-state index contributed by atoms with van der Waals surface area (Å²) in [6, 6.07) is 1.63. The van der Waals surface area contributed by atoms with Crippen LogP contribution in [-0.4, -0.2) is 34.7 Å². The molecular formula is C17H22O6. The van der Waals surface area contributed by atoms with Crippen molar-refractivity contribution in [2.75, 3.05) is 6.56 Å². The zero-order valence-electron chi connectivity index (χ0n) is 28.3. The van der Waals surface area contributed by atoms with Crippen LogP contribution in [0.25, 0.3) is 0 Å². The van der Waals surface area contributed by atoms with E-state index in [-0.39, 0.29) is 0 Å². The summed E-state index contributed by atoms with van der Waals surface area (Å²) in [5.74, 6) is -10.7. The molecule has 6 heteroatoms. The number of ether oxygens (including phenoxy) is 1. The Morgan fingerprint density at radius 3 is 2.65 bits per heavy atom. The molecule has 0 radical (unpaired) electrons. The van der Waals surface area contributed by atoms with Gasteiger partial charge < -0.3 is 14.9 Å². The Hall–Kier alpha value is -2.37. The predicted octanol–water partition coefficient (Wildman–Crippen LogP) is 3.46. The number of benzene rings is 1. The van der Waals surface area contributed by atoms with Crippen molar-refractivity contribution in [3.63, 3.8) is 0 Å².